The number of aromatic nitrogens is 3. The Hall–Kier alpha value is -2.51. The molecule has 0 aliphatic carbocycles. The number of hydrogen-bond acceptors (Lipinski definition) is 5. The van der Waals surface area contributed by atoms with E-state index in [9.17, 15) is 4.79 Å². The lowest BCUT2D eigenvalue weighted by molar-refractivity contribution is -0.113. The second-order valence-electron chi connectivity index (χ2n) is 6.66. The third-order valence-corrected chi connectivity index (χ3v) is 5.82. The Morgan fingerprint density at radius 3 is 2.57 bits per heavy atom. The first-order chi connectivity index (χ1) is 14.5. The molecule has 3 rings (SSSR count). The largest absolute Gasteiger partial charge is 0.481 e. The van der Waals surface area contributed by atoms with Crippen molar-refractivity contribution in [1.29, 1.82) is 0 Å². The van der Waals surface area contributed by atoms with Crippen LogP contribution in [0.3, 0.4) is 0 Å². The fraction of sp³-hybridized carbons (Fsp3) is 0.318. The maximum Gasteiger partial charge on any atom is 0.234 e. The van der Waals surface area contributed by atoms with Crippen molar-refractivity contribution < 1.29 is 9.53 Å². The van der Waals surface area contributed by atoms with Gasteiger partial charge < -0.3 is 14.6 Å². The van der Waals surface area contributed by atoms with Crippen molar-refractivity contribution in [2.45, 2.75) is 45.0 Å². The normalized spacial score (nSPS) is 11.9. The molecule has 0 spiro atoms. The Bertz CT molecular complexity index is 991. The molecule has 1 amide bonds. The van der Waals surface area contributed by atoms with Crippen molar-refractivity contribution in [3.63, 3.8) is 0 Å². The highest BCUT2D eigenvalue weighted by Gasteiger charge is 2.20. The fourth-order valence-corrected chi connectivity index (χ4v) is 3.93. The molecule has 6 nitrogen and oxygen atoms in total. The van der Waals surface area contributed by atoms with Gasteiger partial charge in [0.15, 0.2) is 17.1 Å². The topological polar surface area (TPSA) is 69.0 Å². The van der Waals surface area contributed by atoms with E-state index in [0.717, 1.165) is 12.1 Å². The predicted molar refractivity (Wildman–Crippen MR) is 121 cm³/mol. The highest BCUT2D eigenvalue weighted by Crippen LogP contribution is 2.29. The Morgan fingerprint density at radius 2 is 1.90 bits per heavy atom. The van der Waals surface area contributed by atoms with Crippen LogP contribution in [0, 0.1) is 0 Å². The van der Waals surface area contributed by atoms with E-state index in [2.05, 4.69) is 22.4 Å². The Morgan fingerprint density at radius 1 is 1.17 bits per heavy atom. The number of aryl methyl sites for hydroxylation is 1. The van der Waals surface area contributed by atoms with Crippen molar-refractivity contribution in [2.75, 3.05) is 11.1 Å². The summed E-state index contributed by atoms with van der Waals surface area (Å²) in [6, 6.07) is 15.2. The van der Waals surface area contributed by atoms with E-state index in [-0.39, 0.29) is 17.8 Å². The van der Waals surface area contributed by atoms with Crippen LogP contribution in [0.25, 0.3) is 0 Å². The monoisotopic (exact) mass is 444 g/mol. The molecule has 0 saturated carbocycles. The molecule has 158 valence electrons. The van der Waals surface area contributed by atoms with E-state index in [0.29, 0.717) is 28.3 Å². The van der Waals surface area contributed by atoms with Gasteiger partial charge in [0.25, 0.3) is 0 Å². The molecular formula is C22H25ClN4O2S. The molecule has 0 radical (unpaired) electrons. The molecule has 1 unspecified atom stereocenters. The highest BCUT2D eigenvalue weighted by atomic mass is 35.5. The van der Waals surface area contributed by atoms with Gasteiger partial charge in [0.05, 0.1) is 10.8 Å². The summed E-state index contributed by atoms with van der Waals surface area (Å²) in [7, 11) is 0. The lowest BCUT2D eigenvalue weighted by Gasteiger charge is -2.16. The van der Waals surface area contributed by atoms with Crippen LogP contribution in [-0.4, -0.2) is 26.4 Å². The van der Waals surface area contributed by atoms with E-state index < -0.39 is 0 Å². The molecule has 0 bridgehead atoms. The summed E-state index contributed by atoms with van der Waals surface area (Å²) in [4.78, 5) is 12.3. The molecule has 0 saturated heterocycles. The summed E-state index contributed by atoms with van der Waals surface area (Å²) in [5, 5.41) is 12.7. The second kappa shape index (κ2) is 10.5. The third kappa shape index (κ3) is 5.55. The number of thioether (sulfide) groups is 1. The molecule has 1 heterocycles. The van der Waals surface area contributed by atoms with Gasteiger partial charge in [0, 0.05) is 12.2 Å². The fourth-order valence-electron chi connectivity index (χ4n) is 2.94. The van der Waals surface area contributed by atoms with Gasteiger partial charge in [0.1, 0.15) is 5.75 Å². The van der Waals surface area contributed by atoms with Gasteiger partial charge in [-0.1, -0.05) is 54.6 Å². The van der Waals surface area contributed by atoms with Crippen LogP contribution >= 0.6 is 23.4 Å². The minimum absolute atomic E-state index is 0.0863. The van der Waals surface area contributed by atoms with Crippen LogP contribution in [0.5, 0.6) is 5.75 Å². The van der Waals surface area contributed by atoms with Gasteiger partial charge in [-0.2, -0.15) is 0 Å². The average Bonchev–Trinajstić information content (AvgIpc) is 3.17. The molecule has 8 heteroatoms. The molecular weight excluding hydrogens is 420 g/mol. The summed E-state index contributed by atoms with van der Waals surface area (Å²) in [6.07, 6.45) is 0.634. The van der Waals surface area contributed by atoms with Crippen molar-refractivity contribution in [3.05, 3.63) is 64.9 Å². The van der Waals surface area contributed by atoms with Gasteiger partial charge >= 0.3 is 0 Å². The molecule has 30 heavy (non-hydrogen) atoms. The van der Waals surface area contributed by atoms with Crippen molar-refractivity contribution in [3.8, 4) is 5.75 Å². The van der Waals surface area contributed by atoms with Gasteiger partial charge in [-0.25, -0.2) is 0 Å². The first kappa shape index (κ1) is 22.2. The van der Waals surface area contributed by atoms with Crippen LogP contribution in [0.2, 0.25) is 5.02 Å². The molecule has 0 aliphatic heterocycles. The van der Waals surface area contributed by atoms with Crippen molar-refractivity contribution >= 4 is 35.0 Å². The number of anilines is 1. The van der Waals surface area contributed by atoms with Crippen LogP contribution in [0.15, 0.2) is 53.7 Å². The Kier molecular flexibility index (Phi) is 7.76. The second-order valence-corrected chi connectivity index (χ2v) is 8.01. The number of amides is 1. The first-order valence-corrected chi connectivity index (χ1v) is 11.2. The zero-order chi connectivity index (χ0) is 21.5. The zero-order valence-corrected chi connectivity index (χ0v) is 18.8. The smallest absolute Gasteiger partial charge is 0.234 e. The highest BCUT2D eigenvalue weighted by molar-refractivity contribution is 7.99. The Balaban J connectivity index is 1.62. The summed E-state index contributed by atoms with van der Waals surface area (Å²) in [5.41, 5.74) is 2.02. The lowest BCUT2D eigenvalue weighted by Crippen LogP contribution is -2.15. The maximum absolute atomic E-state index is 12.3. The summed E-state index contributed by atoms with van der Waals surface area (Å²) in [6.45, 7) is 6.68. The van der Waals surface area contributed by atoms with Crippen molar-refractivity contribution in [1.82, 2.24) is 14.8 Å². The first-order valence-electron chi connectivity index (χ1n) is 9.87. The SMILES string of the molecule is CCc1ccc(NC(=O)CSc2nnc(C(C)Oc3ccccc3Cl)n2CC)cc1. The number of carbonyl (C=O) groups is 1. The number of carbonyl (C=O) groups excluding carboxylic acids is 1. The van der Waals surface area contributed by atoms with Gasteiger partial charge in [-0.05, 0) is 50.1 Å². The van der Waals surface area contributed by atoms with Crippen LogP contribution in [0.4, 0.5) is 5.69 Å². The summed E-state index contributed by atoms with van der Waals surface area (Å²) in [5.74, 6) is 1.44. The molecule has 1 aromatic heterocycles. The van der Waals surface area contributed by atoms with Crippen LogP contribution in [-0.2, 0) is 17.8 Å². The third-order valence-electron chi connectivity index (χ3n) is 4.54. The molecule has 1 N–H and O–H groups in total. The lowest BCUT2D eigenvalue weighted by atomic mass is 10.1. The van der Waals surface area contributed by atoms with E-state index in [4.69, 9.17) is 16.3 Å². The number of rotatable bonds is 9. The number of nitrogens with one attached hydrogen (secondary N) is 1. The molecule has 0 fully saturated rings. The van der Waals surface area contributed by atoms with E-state index in [1.54, 1.807) is 6.07 Å². The quantitative estimate of drug-likeness (QED) is 0.448. The molecule has 1 atom stereocenters. The van der Waals surface area contributed by atoms with E-state index >= 15 is 0 Å². The number of halogens is 1. The maximum atomic E-state index is 12.3. The molecule has 0 aliphatic rings. The predicted octanol–water partition coefficient (Wildman–Crippen LogP) is 5.38. The number of ether oxygens (including phenoxy) is 1. The number of hydrogen-bond donors (Lipinski definition) is 1. The van der Waals surface area contributed by atoms with Crippen LogP contribution in [0.1, 0.15) is 38.3 Å². The molecule has 3 aromatic rings. The van der Waals surface area contributed by atoms with Gasteiger partial charge in [-0.15, -0.1) is 10.2 Å². The standard InChI is InChI=1S/C22H25ClN4O2S/c1-4-16-10-12-17(13-11-16)24-20(28)14-30-22-26-25-21(27(22)5-2)15(3)29-19-9-7-6-8-18(19)23/h6-13,15H,4-5,14H2,1-3H3,(H,24,28). The van der Waals surface area contributed by atoms with E-state index in [1.807, 2.05) is 60.9 Å². The number of nitrogens with zero attached hydrogens (tertiary/aromatic N) is 3. The van der Waals surface area contributed by atoms with Gasteiger partial charge in [0.2, 0.25) is 5.91 Å². The van der Waals surface area contributed by atoms with Crippen molar-refractivity contribution in [2.24, 2.45) is 0 Å². The summed E-state index contributed by atoms with van der Waals surface area (Å²) >= 11 is 7.54. The minimum atomic E-state index is -0.336. The minimum Gasteiger partial charge on any atom is -0.481 e. The van der Waals surface area contributed by atoms with E-state index in [1.165, 1.54) is 17.3 Å². The van der Waals surface area contributed by atoms with Gasteiger partial charge in [-0.3, -0.25) is 4.79 Å². The zero-order valence-electron chi connectivity index (χ0n) is 17.3. The summed E-state index contributed by atoms with van der Waals surface area (Å²) < 4.78 is 7.92. The van der Waals surface area contributed by atoms with Crippen LogP contribution < -0.4 is 10.1 Å². The number of para-hydroxylation sites is 1. The number of benzene rings is 2. The Labute approximate surface area is 186 Å². The molecule has 2 aromatic carbocycles. The average molecular weight is 445 g/mol.